The Morgan fingerprint density at radius 3 is 2.08 bits per heavy atom. The summed E-state index contributed by atoms with van der Waals surface area (Å²) >= 11 is 0. The molecule has 0 aliphatic heterocycles. The predicted molar refractivity (Wildman–Crippen MR) is 157 cm³/mol. The van der Waals surface area contributed by atoms with Crippen molar-refractivity contribution in [3.8, 4) is 11.3 Å². The van der Waals surface area contributed by atoms with Gasteiger partial charge in [0.25, 0.3) is 0 Å². The van der Waals surface area contributed by atoms with Gasteiger partial charge in [0.1, 0.15) is 18.2 Å². The number of benzene rings is 4. The van der Waals surface area contributed by atoms with Crippen molar-refractivity contribution < 1.29 is 8.98 Å². The van der Waals surface area contributed by atoms with E-state index in [1.54, 1.807) is 0 Å². The fourth-order valence-corrected chi connectivity index (χ4v) is 5.95. The molecule has 0 aliphatic rings. The van der Waals surface area contributed by atoms with E-state index in [0.29, 0.717) is 0 Å². The average molecular weight is 487 g/mol. The molecule has 0 fully saturated rings. The van der Waals surface area contributed by atoms with Gasteiger partial charge in [-0.05, 0) is 63.2 Å². The van der Waals surface area contributed by atoms with Crippen LogP contribution in [-0.2, 0) is 17.9 Å². The molecule has 6 rings (SSSR count). The van der Waals surface area contributed by atoms with E-state index in [9.17, 15) is 0 Å². The van der Waals surface area contributed by atoms with Gasteiger partial charge in [0.15, 0.2) is 6.20 Å². The minimum atomic E-state index is 0.00405. The Hall–Kier alpha value is -3.65. The van der Waals surface area contributed by atoms with Crippen LogP contribution < -0.4 is 4.57 Å². The van der Waals surface area contributed by atoms with Crippen LogP contribution >= 0.6 is 0 Å². The zero-order chi connectivity index (χ0) is 26.3. The third-order valence-corrected chi connectivity index (χ3v) is 7.96. The molecule has 0 saturated heterocycles. The van der Waals surface area contributed by atoms with E-state index < -0.39 is 0 Å². The first-order chi connectivity index (χ1) is 17.4. The Morgan fingerprint density at radius 2 is 1.38 bits per heavy atom. The second-order valence-electron chi connectivity index (χ2n) is 12.6. The van der Waals surface area contributed by atoms with E-state index in [4.69, 9.17) is 4.42 Å². The molecule has 2 aromatic heterocycles. The maximum atomic E-state index is 6.95. The van der Waals surface area contributed by atoms with Crippen LogP contribution in [-0.4, -0.2) is 0 Å². The fourth-order valence-electron chi connectivity index (χ4n) is 5.95. The maximum absolute atomic E-state index is 6.95. The summed E-state index contributed by atoms with van der Waals surface area (Å²) in [5, 5.41) is 7.24. The Balaban J connectivity index is 1.79. The summed E-state index contributed by atoms with van der Waals surface area (Å²) < 4.78 is 9.22. The standard InChI is InChI=1S/C35H36NO/c1-21-28(35(5,6)7)19-27-26-17-15-23-14-13-22-11-9-10-12-25(22)31(23)32(26)37-33(27)30(21)29-18-16-24(20-36(29)8)34(2,3)4/h9-20H,1-8H3/q+1. The van der Waals surface area contributed by atoms with Crippen LogP contribution in [0.1, 0.15) is 58.2 Å². The van der Waals surface area contributed by atoms with Gasteiger partial charge < -0.3 is 4.42 Å². The number of furan rings is 1. The molecule has 0 radical (unpaired) electrons. The van der Waals surface area contributed by atoms with Crippen molar-refractivity contribution >= 4 is 43.5 Å². The van der Waals surface area contributed by atoms with Crippen LogP contribution in [0.2, 0.25) is 0 Å². The molecule has 6 aromatic rings. The lowest BCUT2D eigenvalue weighted by molar-refractivity contribution is -0.661. The van der Waals surface area contributed by atoms with Crippen molar-refractivity contribution in [3.63, 3.8) is 0 Å². The lowest BCUT2D eigenvalue weighted by atomic mass is 9.80. The van der Waals surface area contributed by atoms with Gasteiger partial charge in [-0.15, -0.1) is 0 Å². The van der Waals surface area contributed by atoms with Crippen LogP contribution in [0.25, 0.3) is 54.7 Å². The van der Waals surface area contributed by atoms with Gasteiger partial charge in [-0.3, -0.25) is 0 Å². The predicted octanol–water partition coefficient (Wildman–Crippen LogP) is 9.29. The van der Waals surface area contributed by atoms with Gasteiger partial charge >= 0.3 is 0 Å². The summed E-state index contributed by atoms with van der Waals surface area (Å²) in [4.78, 5) is 0. The van der Waals surface area contributed by atoms with E-state index in [0.717, 1.165) is 11.2 Å². The third kappa shape index (κ3) is 3.65. The Bertz CT molecular complexity index is 1860. The minimum absolute atomic E-state index is 0.00405. The van der Waals surface area contributed by atoms with Crippen LogP contribution in [0.3, 0.4) is 0 Å². The normalized spacial score (nSPS) is 12.9. The molecule has 0 unspecified atom stereocenters. The minimum Gasteiger partial charge on any atom is -0.454 e. The lowest BCUT2D eigenvalue weighted by Crippen LogP contribution is -2.33. The summed E-state index contributed by atoms with van der Waals surface area (Å²) in [6.07, 6.45) is 2.27. The maximum Gasteiger partial charge on any atom is 0.216 e. The summed E-state index contributed by atoms with van der Waals surface area (Å²) in [6, 6.07) is 24.4. The molecule has 0 spiro atoms. The highest BCUT2D eigenvalue weighted by molar-refractivity contribution is 6.24. The molecule has 0 amide bonds. The number of aromatic nitrogens is 1. The highest BCUT2D eigenvalue weighted by atomic mass is 16.3. The van der Waals surface area contributed by atoms with Crippen LogP contribution in [0.15, 0.2) is 77.3 Å². The lowest BCUT2D eigenvalue weighted by Gasteiger charge is -2.23. The topological polar surface area (TPSA) is 17.0 Å². The summed E-state index contributed by atoms with van der Waals surface area (Å²) in [5.74, 6) is 0. The van der Waals surface area contributed by atoms with Crippen molar-refractivity contribution in [1.82, 2.24) is 0 Å². The second kappa shape index (κ2) is 7.92. The second-order valence-corrected chi connectivity index (χ2v) is 12.6. The third-order valence-electron chi connectivity index (χ3n) is 7.96. The highest BCUT2D eigenvalue weighted by Crippen LogP contribution is 2.44. The molecule has 2 heterocycles. The first kappa shape index (κ1) is 23.7. The van der Waals surface area contributed by atoms with E-state index in [2.05, 4.69) is 133 Å². The number of fused-ring (bicyclic) bond motifs is 7. The van der Waals surface area contributed by atoms with Gasteiger partial charge in [-0.25, -0.2) is 4.57 Å². The zero-order valence-corrected chi connectivity index (χ0v) is 23.3. The van der Waals surface area contributed by atoms with E-state index in [1.807, 2.05) is 0 Å². The first-order valence-corrected chi connectivity index (χ1v) is 13.3. The van der Waals surface area contributed by atoms with Crippen molar-refractivity contribution in [1.29, 1.82) is 0 Å². The Kier molecular flexibility index (Phi) is 5.08. The van der Waals surface area contributed by atoms with E-state index >= 15 is 0 Å². The Morgan fingerprint density at radius 1 is 0.676 bits per heavy atom. The molecule has 0 saturated carbocycles. The van der Waals surface area contributed by atoms with Crippen molar-refractivity contribution in [2.24, 2.45) is 7.05 Å². The molecule has 2 heteroatoms. The smallest absolute Gasteiger partial charge is 0.216 e. The fraction of sp³-hybridized carbons (Fsp3) is 0.286. The average Bonchev–Trinajstić information content (AvgIpc) is 3.21. The van der Waals surface area contributed by atoms with E-state index in [1.165, 1.54) is 60.3 Å². The van der Waals surface area contributed by atoms with Gasteiger partial charge in [-0.2, -0.15) is 0 Å². The van der Waals surface area contributed by atoms with Crippen LogP contribution in [0.4, 0.5) is 0 Å². The molecule has 0 aliphatic carbocycles. The molecule has 2 nitrogen and oxygen atoms in total. The highest BCUT2D eigenvalue weighted by Gasteiger charge is 2.29. The SMILES string of the molecule is Cc1c(C(C)(C)C)cc2c(oc3c2ccc2ccc4ccccc4c23)c1-c1ccc(C(C)(C)C)c[n+]1C. The number of aryl methyl sites for hydroxylation is 1. The molecule has 0 bridgehead atoms. The zero-order valence-electron chi connectivity index (χ0n) is 23.3. The van der Waals surface area contributed by atoms with Crippen molar-refractivity contribution in [2.45, 2.75) is 59.3 Å². The molecule has 0 N–H and O–H groups in total. The molecule has 37 heavy (non-hydrogen) atoms. The molecular formula is C35H36NO+. The van der Waals surface area contributed by atoms with Crippen LogP contribution in [0, 0.1) is 6.92 Å². The number of hydrogen-bond donors (Lipinski definition) is 0. The van der Waals surface area contributed by atoms with Gasteiger partial charge in [0, 0.05) is 27.8 Å². The van der Waals surface area contributed by atoms with Gasteiger partial charge in [0.05, 0.1) is 5.56 Å². The molecule has 4 aromatic carbocycles. The first-order valence-electron chi connectivity index (χ1n) is 13.3. The van der Waals surface area contributed by atoms with Gasteiger partial charge in [0.2, 0.25) is 5.69 Å². The molecule has 186 valence electrons. The quantitative estimate of drug-likeness (QED) is 0.167. The van der Waals surface area contributed by atoms with Gasteiger partial charge in [-0.1, -0.05) is 84.0 Å². The number of nitrogens with zero attached hydrogens (tertiary/aromatic N) is 1. The van der Waals surface area contributed by atoms with Crippen molar-refractivity contribution in [3.05, 3.63) is 89.6 Å². The number of pyridine rings is 1. The molecule has 0 atom stereocenters. The summed E-state index contributed by atoms with van der Waals surface area (Å²) in [6.45, 7) is 16.0. The van der Waals surface area contributed by atoms with Crippen LogP contribution in [0.5, 0.6) is 0 Å². The van der Waals surface area contributed by atoms with Crippen molar-refractivity contribution in [2.75, 3.05) is 0 Å². The monoisotopic (exact) mass is 486 g/mol. The molecular weight excluding hydrogens is 450 g/mol. The summed E-state index contributed by atoms with van der Waals surface area (Å²) in [7, 11) is 2.16. The van der Waals surface area contributed by atoms with E-state index in [-0.39, 0.29) is 10.8 Å². The number of rotatable bonds is 1. The number of hydrogen-bond acceptors (Lipinski definition) is 1. The largest absolute Gasteiger partial charge is 0.454 e. The Labute approximate surface area is 219 Å². The summed E-state index contributed by atoms with van der Waals surface area (Å²) in [5.41, 5.74) is 8.37.